The Balaban J connectivity index is 1.53. The van der Waals surface area contributed by atoms with Crippen molar-refractivity contribution in [1.29, 1.82) is 0 Å². The van der Waals surface area contributed by atoms with Gasteiger partial charge < -0.3 is 15.3 Å². The minimum absolute atomic E-state index is 0.254. The second kappa shape index (κ2) is 7.27. The molecule has 0 saturated carbocycles. The second-order valence-corrected chi connectivity index (χ2v) is 6.95. The van der Waals surface area contributed by atoms with Gasteiger partial charge in [0.25, 0.3) is 5.91 Å². The Kier molecular flexibility index (Phi) is 4.90. The first kappa shape index (κ1) is 16.2. The highest BCUT2D eigenvalue weighted by Gasteiger charge is 2.08. The van der Waals surface area contributed by atoms with Crippen molar-refractivity contribution in [3.63, 3.8) is 0 Å². The van der Waals surface area contributed by atoms with Gasteiger partial charge in [-0.15, -0.1) is 0 Å². The van der Waals surface area contributed by atoms with Crippen LogP contribution in [0.2, 0.25) is 0 Å². The van der Waals surface area contributed by atoms with E-state index in [1.165, 1.54) is 0 Å². The number of fused-ring (bicyclic) bond motifs is 1. The third kappa shape index (κ3) is 3.99. The zero-order valence-electron chi connectivity index (χ0n) is 12.9. The number of H-pyrrole nitrogens is 2. The molecule has 0 saturated heterocycles. The fourth-order valence-corrected chi connectivity index (χ4v) is 3.42. The SMILES string of the molecule is O=C(NCC[S@](=O)Cc1ccccc1)c1ccc2[nH]c(=O)[nH]c2c1. The summed E-state index contributed by atoms with van der Waals surface area (Å²) in [6.45, 7) is 0.333. The Labute approximate surface area is 140 Å². The fourth-order valence-electron chi connectivity index (χ4n) is 2.39. The Morgan fingerprint density at radius 2 is 1.79 bits per heavy atom. The van der Waals surface area contributed by atoms with Gasteiger partial charge in [-0.3, -0.25) is 9.00 Å². The zero-order valence-corrected chi connectivity index (χ0v) is 13.7. The molecule has 0 bridgehead atoms. The van der Waals surface area contributed by atoms with E-state index in [1.54, 1.807) is 18.2 Å². The van der Waals surface area contributed by atoms with Crippen LogP contribution in [0.25, 0.3) is 11.0 Å². The molecule has 24 heavy (non-hydrogen) atoms. The summed E-state index contributed by atoms with van der Waals surface area (Å²) in [5, 5.41) is 2.75. The molecule has 0 fully saturated rings. The third-order valence-corrected chi connectivity index (χ3v) is 4.88. The molecule has 7 heteroatoms. The van der Waals surface area contributed by atoms with E-state index in [0.717, 1.165) is 5.56 Å². The molecule has 0 aliphatic heterocycles. The first-order valence-electron chi connectivity index (χ1n) is 7.51. The predicted molar refractivity (Wildman–Crippen MR) is 94.4 cm³/mol. The molecule has 0 aliphatic carbocycles. The molecule has 0 spiro atoms. The Bertz CT molecular complexity index is 931. The monoisotopic (exact) mass is 343 g/mol. The average Bonchev–Trinajstić information content (AvgIpc) is 2.94. The molecule has 0 unspecified atom stereocenters. The Morgan fingerprint density at radius 3 is 2.58 bits per heavy atom. The highest BCUT2D eigenvalue weighted by Crippen LogP contribution is 2.10. The summed E-state index contributed by atoms with van der Waals surface area (Å²) in [7, 11) is -1.03. The largest absolute Gasteiger partial charge is 0.351 e. The maximum Gasteiger partial charge on any atom is 0.323 e. The van der Waals surface area contributed by atoms with Crippen LogP contribution in [0.1, 0.15) is 15.9 Å². The van der Waals surface area contributed by atoms with Gasteiger partial charge in [-0.1, -0.05) is 30.3 Å². The summed E-state index contributed by atoms with van der Waals surface area (Å²) in [6, 6.07) is 14.5. The van der Waals surface area contributed by atoms with Gasteiger partial charge in [0, 0.05) is 34.4 Å². The molecular weight excluding hydrogens is 326 g/mol. The van der Waals surface area contributed by atoms with E-state index in [1.807, 2.05) is 30.3 Å². The maximum absolute atomic E-state index is 12.1. The van der Waals surface area contributed by atoms with Crippen LogP contribution >= 0.6 is 0 Å². The van der Waals surface area contributed by atoms with Gasteiger partial charge in [-0.25, -0.2) is 4.79 Å². The minimum Gasteiger partial charge on any atom is -0.351 e. The lowest BCUT2D eigenvalue weighted by Gasteiger charge is -2.06. The number of carbonyl (C=O) groups excluding carboxylic acids is 1. The number of rotatable bonds is 6. The normalized spacial score (nSPS) is 12.2. The summed E-state index contributed by atoms with van der Waals surface area (Å²) in [5.41, 5.74) is 2.40. The van der Waals surface area contributed by atoms with E-state index in [4.69, 9.17) is 0 Å². The molecule has 124 valence electrons. The first-order valence-corrected chi connectivity index (χ1v) is 9.00. The van der Waals surface area contributed by atoms with Gasteiger partial charge in [-0.05, 0) is 23.8 Å². The van der Waals surface area contributed by atoms with Crippen molar-refractivity contribution in [2.75, 3.05) is 12.3 Å². The molecule has 1 amide bonds. The summed E-state index contributed by atoms with van der Waals surface area (Å²) in [5.74, 6) is 0.618. The lowest BCUT2D eigenvalue weighted by molar-refractivity contribution is 0.0956. The van der Waals surface area contributed by atoms with E-state index in [2.05, 4.69) is 15.3 Å². The average molecular weight is 343 g/mol. The minimum atomic E-state index is -1.03. The van der Waals surface area contributed by atoms with Crippen LogP contribution in [-0.4, -0.2) is 32.4 Å². The number of benzene rings is 2. The molecule has 1 heterocycles. The van der Waals surface area contributed by atoms with Crippen LogP contribution < -0.4 is 11.0 Å². The number of hydrogen-bond donors (Lipinski definition) is 3. The highest BCUT2D eigenvalue weighted by atomic mass is 32.2. The summed E-state index contributed by atoms with van der Waals surface area (Å²) >= 11 is 0. The molecule has 1 atom stereocenters. The smallest absolute Gasteiger partial charge is 0.323 e. The van der Waals surface area contributed by atoms with Gasteiger partial charge in [0.15, 0.2) is 0 Å². The molecule has 0 aliphatic rings. The van der Waals surface area contributed by atoms with Crippen LogP contribution in [0.5, 0.6) is 0 Å². The Morgan fingerprint density at radius 1 is 1.04 bits per heavy atom. The van der Waals surface area contributed by atoms with Crippen LogP contribution in [0.3, 0.4) is 0 Å². The number of amides is 1. The summed E-state index contributed by atoms with van der Waals surface area (Å²) in [4.78, 5) is 28.6. The molecule has 6 nitrogen and oxygen atoms in total. The summed E-state index contributed by atoms with van der Waals surface area (Å²) in [6.07, 6.45) is 0. The highest BCUT2D eigenvalue weighted by molar-refractivity contribution is 7.84. The van der Waals surface area contributed by atoms with Gasteiger partial charge in [0.1, 0.15) is 0 Å². The van der Waals surface area contributed by atoms with Crippen molar-refractivity contribution in [2.45, 2.75) is 5.75 Å². The van der Waals surface area contributed by atoms with Gasteiger partial charge in [0.05, 0.1) is 11.0 Å². The van der Waals surface area contributed by atoms with E-state index < -0.39 is 10.8 Å². The molecule has 2 aromatic carbocycles. The molecule has 3 aromatic rings. The first-order chi connectivity index (χ1) is 11.6. The van der Waals surface area contributed by atoms with Gasteiger partial charge in [0.2, 0.25) is 0 Å². The van der Waals surface area contributed by atoms with E-state index >= 15 is 0 Å². The van der Waals surface area contributed by atoms with E-state index in [9.17, 15) is 13.8 Å². The van der Waals surface area contributed by atoms with Crippen LogP contribution in [-0.2, 0) is 16.6 Å². The van der Waals surface area contributed by atoms with Crippen LogP contribution in [0, 0.1) is 0 Å². The predicted octanol–water partition coefficient (Wildman–Crippen LogP) is 1.53. The molecular formula is C17H17N3O3S. The third-order valence-electron chi connectivity index (χ3n) is 3.56. The summed E-state index contributed by atoms with van der Waals surface area (Å²) < 4.78 is 12.0. The van der Waals surface area contributed by atoms with Crippen molar-refractivity contribution in [2.24, 2.45) is 0 Å². The van der Waals surface area contributed by atoms with Gasteiger partial charge in [-0.2, -0.15) is 0 Å². The number of aromatic nitrogens is 2. The topological polar surface area (TPSA) is 94.8 Å². The van der Waals surface area contributed by atoms with E-state index in [-0.39, 0.29) is 11.6 Å². The standard InChI is InChI=1S/C17H17N3O3S/c21-16(13-6-7-14-15(10-13)20-17(22)19-14)18-8-9-24(23)11-12-4-2-1-3-5-12/h1-7,10H,8-9,11H2,(H,18,21)(H2,19,20,22)/t24-/m0/s1. The van der Waals surface area contributed by atoms with Crippen molar-refractivity contribution in [3.8, 4) is 0 Å². The van der Waals surface area contributed by atoms with Crippen LogP contribution in [0.4, 0.5) is 0 Å². The van der Waals surface area contributed by atoms with Crippen LogP contribution in [0.15, 0.2) is 53.3 Å². The number of hydrogen-bond acceptors (Lipinski definition) is 3. The fraction of sp³-hybridized carbons (Fsp3) is 0.176. The Hall–Kier alpha value is -2.67. The quantitative estimate of drug-likeness (QED) is 0.633. The lowest BCUT2D eigenvalue weighted by atomic mass is 10.2. The maximum atomic E-state index is 12.1. The van der Waals surface area contributed by atoms with Crippen molar-refractivity contribution in [3.05, 3.63) is 70.1 Å². The van der Waals surface area contributed by atoms with Crippen molar-refractivity contribution in [1.82, 2.24) is 15.3 Å². The van der Waals surface area contributed by atoms with Crippen molar-refractivity contribution < 1.29 is 9.00 Å². The number of aromatic amines is 2. The van der Waals surface area contributed by atoms with Gasteiger partial charge >= 0.3 is 5.69 Å². The molecule has 3 rings (SSSR count). The molecule has 3 N–H and O–H groups in total. The number of carbonyl (C=O) groups is 1. The number of nitrogens with one attached hydrogen (secondary N) is 3. The van der Waals surface area contributed by atoms with E-state index in [0.29, 0.717) is 34.6 Å². The lowest BCUT2D eigenvalue weighted by Crippen LogP contribution is -2.27. The zero-order chi connectivity index (χ0) is 16.9. The molecule has 0 radical (unpaired) electrons. The van der Waals surface area contributed by atoms with Crippen molar-refractivity contribution >= 4 is 27.7 Å². The molecule has 1 aromatic heterocycles. The second-order valence-electron chi connectivity index (χ2n) is 5.37. The number of imidazole rings is 1.